The number of nitrogens with one attached hydrogen (secondary N) is 1. The van der Waals surface area contributed by atoms with E-state index in [1.165, 1.54) is 10.4 Å². The van der Waals surface area contributed by atoms with Gasteiger partial charge in [0.25, 0.3) is 5.91 Å². The lowest BCUT2D eigenvalue weighted by atomic mass is 10.1. The van der Waals surface area contributed by atoms with Gasteiger partial charge in [-0.05, 0) is 47.5 Å². The van der Waals surface area contributed by atoms with E-state index in [9.17, 15) is 9.59 Å². The van der Waals surface area contributed by atoms with Crippen LogP contribution in [0, 0.1) is 0 Å². The fourth-order valence-corrected chi connectivity index (χ4v) is 4.13. The minimum atomic E-state index is -0.484. The lowest BCUT2D eigenvalue weighted by Crippen LogP contribution is -2.49. The number of hydrogen-bond donors (Lipinski definition) is 2. The molecule has 2 aromatic rings. The zero-order valence-electron chi connectivity index (χ0n) is 15.0. The molecule has 0 bridgehead atoms. The molecule has 0 saturated heterocycles. The highest BCUT2D eigenvalue weighted by Crippen LogP contribution is 2.24. The van der Waals surface area contributed by atoms with Gasteiger partial charge in [-0.1, -0.05) is 25.5 Å². The highest BCUT2D eigenvalue weighted by molar-refractivity contribution is 7.10. The standard InChI is InChI=1S/C20H25N3O2S/c1-2-3-17(22-19(24)15-6-4-14(12-21)5-7-15)20(25)23-10-8-18-16(13-23)9-11-26-18/h4-7,9,11,17H,2-3,8,10,12-13,21H2,1H3,(H,22,24). The van der Waals surface area contributed by atoms with Crippen LogP contribution >= 0.6 is 11.3 Å². The Morgan fingerprint density at radius 3 is 2.73 bits per heavy atom. The van der Waals surface area contributed by atoms with Crippen LogP contribution < -0.4 is 11.1 Å². The van der Waals surface area contributed by atoms with Crippen LogP contribution in [0.2, 0.25) is 0 Å². The molecule has 0 fully saturated rings. The van der Waals surface area contributed by atoms with Crippen LogP contribution in [0.15, 0.2) is 35.7 Å². The number of carbonyl (C=O) groups is 2. The van der Waals surface area contributed by atoms with Crippen molar-refractivity contribution in [1.82, 2.24) is 10.2 Å². The van der Waals surface area contributed by atoms with E-state index in [2.05, 4.69) is 16.8 Å². The summed E-state index contributed by atoms with van der Waals surface area (Å²) in [4.78, 5) is 28.8. The number of amides is 2. The predicted octanol–water partition coefficient (Wildman–Crippen LogP) is 2.69. The third kappa shape index (κ3) is 4.14. The molecule has 2 amide bonds. The molecule has 1 aromatic carbocycles. The largest absolute Gasteiger partial charge is 0.340 e. The Morgan fingerprint density at radius 2 is 2.04 bits per heavy atom. The summed E-state index contributed by atoms with van der Waals surface area (Å²) in [6.07, 6.45) is 2.37. The first-order chi connectivity index (χ1) is 12.6. The second-order valence-corrected chi connectivity index (χ2v) is 7.60. The summed E-state index contributed by atoms with van der Waals surface area (Å²) in [5.41, 5.74) is 8.35. The van der Waals surface area contributed by atoms with Crippen LogP contribution in [0.1, 0.15) is 46.1 Å². The number of benzene rings is 1. The molecule has 0 radical (unpaired) electrons. The van der Waals surface area contributed by atoms with Gasteiger partial charge in [0, 0.05) is 30.1 Å². The lowest BCUT2D eigenvalue weighted by molar-refractivity contribution is -0.134. The van der Waals surface area contributed by atoms with E-state index in [-0.39, 0.29) is 11.8 Å². The molecule has 0 spiro atoms. The highest BCUT2D eigenvalue weighted by atomic mass is 32.1. The quantitative estimate of drug-likeness (QED) is 0.820. The Labute approximate surface area is 158 Å². The van der Waals surface area contributed by atoms with Gasteiger partial charge in [-0.3, -0.25) is 9.59 Å². The van der Waals surface area contributed by atoms with Crippen molar-refractivity contribution in [3.8, 4) is 0 Å². The number of rotatable bonds is 6. The number of nitrogens with zero attached hydrogens (tertiary/aromatic N) is 1. The second-order valence-electron chi connectivity index (χ2n) is 6.59. The van der Waals surface area contributed by atoms with Gasteiger partial charge in [0.1, 0.15) is 6.04 Å². The summed E-state index contributed by atoms with van der Waals surface area (Å²) in [6.45, 7) is 3.82. The van der Waals surface area contributed by atoms with Gasteiger partial charge in [-0.15, -0.1) is 11.3 Å². The number of thiophene rings is 1. The lowest BCUT2D eigenvalue weighted by Gasteiger charge is -2.31. The van der Waals surface area contributed by atoms with Crippen molar-refractivity contribution in [3.63, 3.8) is 0 Å². The first-order valence-corrected chi connectivity index (χ1v) is 9.94. The van der Waals surface area contributed by atoms with E-state index in [1.54, 1.807) is 23.5 Å². The van der Waals surface area contributed by atoms with Gasteiger partial charge in [0.05, 0.1) is 0 Å². The van der Waals surface area contributed by atoms with Crippen LogP contribution in [-0.2, 0) is 24.3 Å². The third-order valence-corrected chi connectivity index (χ3v) is 5.77. The molecule has 0 aliphatic carbocycles. The van der Waals surface area contributed by atoms with E-state index in [0.29, 0.717) is 31.6 Å². The van der Waals surface area contributed by atoms with Crippen LogP contribution in [-0.4, -0.2) is 29.3 Å². The molecule has 0 saturated carbocycles. The van der Waals surface area contributed by atoms with E-state index < -0.39 is 6.04 Å². The minimum absolute atomic E-state index is 0.00984. The molecule has 6 heteroatoms. The Bertz CT molecular complexity index is 770. The Kier molecular flexibility index (Phi) is 6.06. The number of nitrogens with two attached hydrogens (primary N) is 1. The van der Waals surface area contributed by atoms with Gasteiger partial charge < -0.3 is 16.0 Å². The molecule has 3 N–H and O–H groups in total. The fourth-order valence-electron chi connectivity index (χ4n) is 3.24. The van der Waals surface area contributed by atoms with E-state index in [1.807, 2.05) is 24.0 Å². The van der Waals surface area contributed by atoms with Gasteiger partial charge in [0.2, 0.25) is 5.91 Å². The van der Waals surface area contributed by atoms with Crippen molar-refractivity contribution >= 4 is 23.2 Å². The van der Waals surface area contributed by atoms with E-state index >= 15 is 0 Å². The average Bonchev–Trinajstić information content (AvgIpc) is 3.14. The monoisotopic (exact) mass is 371 g/mol. The average molecular weight is 372 g/mol. The SMILES string of the molecule is CCCC(NC(=O)c1ccc(CN)cc1)C(=O)N1CCc2sccc2C1. The molecule has 3 rings (SSSR count). The molecular formula is C20H25N3O2S. The summed E-state index contributed by atoms with van der Waals surface area (Å²) in [5, 5.41) is 5.01. The van der Waals surface area contributed by atoms with Gasteiger partial charge in [0.15, 0.2) is 0 Å². The maximum absolute atomic E-state index is 13.0. The molecule has 138 valence electrons. The summed E-state index contributed by atoms with van der Waals surface area (Å²) in [6, 6.07) is 8.79. The van der Waals surface area contributed by atoms with Gasteiger partial charge in [-0.25, -0.2) is 0 Å². The Hall–Kier alpha value is -2.18. The smallest absolute Gasteiger partial charge is 0.251 e. The van der Waals surface area contributed by atoms with Crippen LogP contribution in [0.25, 0.3) is 0 Å². The molecule has 26 heavy (non-hydrogen) atoms. The summed E-state index contributed by atoms with van der Waals surface area (Å²) >= 11 is 1.75. The van der Waals surface area contributed by atoms with Gasteiger partial charge >= 0.3 is 0 Å². The van der Waals surface area contributed by atoms with Crippen LogP contribution in [0.5, 0.6) is 0 Å². The molecule has 1 aromatic heterocycles. The molecule has 2 heterocycles. The second kappa shape index (κ2) is 8.47. The first kappa shape index (κ1) is 18.6. The maximum atomic E-state index is 13.0. The van der Waals surface area contributed by atoms with Crippen molar-refractivity contribution in [3.05, 3.63) is 57.3 Å². The molecule has 1 aliphatic heterocycles. The predicted molar refractivity (Wildman–Crippen MR) is 104 cm³/mol. The number of fused-ring (bicyclic) bond motifs is 1. The van der Waals surface area contributed by atoms with Crippen molar-refractivity contribution in [2.24, 2.45) is 5.73 Å². The van der Waals surface area contributed by atoms with Gasteiger partial charge in [-0.2, -0.15) is 0 Å². The molecule has 1 aliphatic rings. The summed E-state index contributed by atoms with van der Waals surface area (Å²) in [7, 11) is 0. The van der Waals surface area contributed by atoms with Crippen molar-refractivity contribution in [2.45, 2.75) is 45.3 Å². The minimum Gasteiger partial charge on any atom is -0.340 e. The summed E-state index contributed by atoms with van der Waals surface area (Å²) in [5.74, 6) is -0.204. The van der Waals surface area contributed by atoms with Crippen LogP contribution in [0.3, 0.4) is 0 Å². The Morgan fingerprint density at radius 1 is 1.27 bits per heavy atom. The van der Waals surface area contributed by atoms with E-state index in [0.717, 1.165) is 18.4 Å². The fraction of sp³-hybridized carbons (Fsp3) is 0.400. The molecular weight excluding hydrogens is 346 g/mol. The molecule has 1 atom stereocenters. The normalized spacial score (nSPS) is 14.6. The molecule has 1 unspecified atom stereocenters. The molecule has 5 nitrogen and oxygen atoms in total. The van der Waals surface area contributed by atoms with Crippen molar-refractivity contribution < 1.29 is 9.59 Å². The zero-order chi connectivity index (χ0) is 18.5. The third-order valence-electron chi connectivity index (χ3n) is 4.75. The van der Waals surface area contributed by atoms with E-state index in [4.69, 9.17) is 5.73 Å². The zero-order valence-corrected chi connectivity index (χ0v) is 15.8. The summed E-state index contributed by atoms with van der Waals surface area (Å²) < 4.78 is 0. The maximum Gasteiger partial charge on any atom is 0.251 e. The van der Waals surface area contributed by atoms with Crippen LogP contribution in [0.4, 0.5) is 0 Å². The number of hydrogen-bond acceptors (Lipinski definition) is 4. The topological polar surface area (TPSA) is 75.4 Å². The Balaban J connectivity index is 1.68. The van der Waals surface area contributed by atoms with Crippen molar-refractivity contribution in [1.29, 1.82) is 0 Å². The number of carbonyl (C=O) groups excluding carboxylic acids is 2. The van der Waals surface area contributed by atoms with Crippen molar-refractivity contribution in [2.75, 3.05) is 6.54 Å². The first-order valence-electron chi connectivity index (χ1n) is 9.06. The highest BCUT2D eigenvalue weighted by Gasteiger charge is 2.28.